The molecule has 2 amide bonds. The van der Waals surface area contributed by atoms with Gasteiger partial charge >= 0.3 is 0 Å². The lowest BCUT2D eigenvalue weighted by atomic mass is 10.2. The molecule has 5 atom stereocenters. The van der Waals surface area contributed by atoms with Gasteiger partial charge in [0.15, 0.2) is 0 Å². The van der Waals surface area contributed by atoms with Gasteiger partial charge in [-0.3, -0.25) is 14.9 Å². The highest BCUT2D eigenvalue weighted by atomic mass is 16.2. The largest absolute Gasteiger partial charge is 0.320 e. The zero-order valence-electron chi connectivity index (χ0n) is 10.3. The van der Waals surface area contributed by atoms with Gasteiger partial charge in [0.25, 0.3) is 0 Å². The van der Waals surface area contributed by atoms with Crippen LogP contribution in [0.2, 0.25) is 0 Å². The molecule has 0 saturated heterocycles. The SMILES string of the molecule is C[C@@H]1[C@H](C)[C@H]1N[C@@H](C)C(=O)NC(=O)[C@H](C)N. The van der Waals surface area contributed by atoms with Crippen molar-refractivity contribution in [3.8, 4) is 0 Å². The third kappa shape index (κ3) is 3.02. The van der Waals surface area contributed by atoms with Crippen molar-refractivity contribution in [3.05, 3.63) is 0 Å². The van der Waals surface area contributed by atoms with Gasteiger partial charge in [0.1, 0.15) is 0 Å². The van der Waals surface area contributed by atoms with Crippen LogP contribution in [0.25, 0.3) is 0 Å². The van der Waals surface area contributed by atoms with Crippen LogP contribution in [0.15, 0.2) is 0 Å². The lowest BCUT2D eigenvalue weighted by molar-refractivity contribution is -0.131. The number of amides is 2. The van der Waals surface area contributed by atoms with E-state index in [1.807, 2.05) is 0 Å². The molecule has 16 heavy (non-hydrogen) atoms. The normalized spacial score (nSPS) is 31.7. The van der Waals surface area contributed by atoms with Gasteiger partial charge in [0, 0.05) is 6.04 Å². The summed E-state index contributed by atoms with van der Waals surface area (Å²) in [5, 5.41) is 5.47. The van der Waals surface area contributed by atoms with E-state index in [0.29, 0.717) is 17.9 Å². The standard InChI is InChI=1S/C11H21N3O2/c1-5-6(2)9(5)13-8(4)11(16)14-10(15)7(3)12/h5-9,13H,12H2,1-4H3,(H,14,15,16)/t5-,6+,7-,8-,9+/m0/s1. The van der Waals surface area contributed by atoms with Gasteiger partial charge in [-0.25, -0.2) is 0 Å². The van der Waals surface area contributed by atoms with Crippen LogP contribution in [0, 0.1) is 11.8 Å². The number of nitrogens with one attached hydrogen (secondary N) is 2. The molecule has 0 aromatic carbocycles. The molecular weight excluding hydrogens is 206 g/mol. The van der Waals surface area contributed by atoms with E-state index >= 15 is 0 Å². The van der Waals surface area contributed by atoms with E-state index in [9.17, 15) is 9.59 Å². The van der Waals surface area contributed by atoms with Gasteiger partial charge < -0.3 is 11.1 Å². The van der Waals surface area contributed by atoms with Gasteiger partial charge in [-0.1, -0.05) is 13.8 Å². The average Bonchev–Trinajstić information content (AvgIpc) is 2.75. The van der Waals surface area contributed by atoms with Crippen molar-refractivity contribution in [2.24, 2.45) is 17.6 Å². The Hall–Kier alpha value is -0.940. The monoisotopic (exact) mass is 227 g/mol. The summed E-state index contributed by atoms with van der Waals surface area (Å²) in [4.78, 5) is 22.8. The van der Waals surface area contributed by atoms with E-state index in [1.54, 1.807) is 13.8 Å². The van der Waals surface area contributed by atoms with Crippen molar-refractivity contribution < 1.29 is 9.59 Å². The molecule has 1 rings (SSSR count). The molecule has 92 valence electrons. The first-order chi connectivity index (χ1) is 7.34. The molecule has 1 fully saturated rings. The first-order valence-corrected chi connectivity index (χ1v) is 5.71. The topological polar surface area (TPSA) is 84.2 Å². The van der Waals surface area contributed by atoms with Crippen LogP contribution in [-0.4, -0.2) is 29.9 Å². The van der Waals surface area contributed by atoms with E-state index in [4.69, 9.17) is 5.73 Å². The zero-order chi connectivity index (χ0) is 12.5. The fraction of sp³-hybridized carbons (Fsp3) is 0.818. The first kappa shape index (κ1) is 13.1. The maximum absolute atomic E-state index is 11.6. The van der Waals surface area contributed by atoms with E-state index in [0.717, 1.165) is 0 Å². The molecule has 5 heteroatoms. The number of hydrogen-bond acceptors (Lipinski definition) is 4. The predicted molar refractivity (Wildman–Crippen MR) is 61.5 cm³/mol. The molecule has 0 unspecified atom stereocenters. The number of carbonyl (C=O) groups excluding carboxylic acids is 2. The molecule has 0 aromatic heterocycles. The minimum atomic E-state index is -0.657. The Morgan fingerprint density at radius 1 is 1.12 bits per heavy atom. The minimum Gasteiger partial charge on any atom is -0.320 e. The fourth-order valence-electron chi connectivity index (χ4n) is 1.67. The highest BCUT2D eigenvalue weighted by Crippen LogP contribution is 2.37. The number of carbonyl (C=O) groups is 2. The van der Waals surface area contributed by atoms with Crippen molar-refractivity contribution >= 4 is 11.8 Å². The zero-order valence-corrected chi connectivity index (χ0v) is 10.3. The lowest BCUT2D eigenvalue weighted by Gasteiger charge is -2.14. The van der Waals surface area contributed by atoms with Gasteiger partial charge in [-0.2, -0.15) is 0 Å². The maximum atomic E-state index is 11.6. The molecule has 5 nitrogen and oxygen atoms in total. The molecule has 0 radical (unpaired) electrons. The minimum absolute atomic E-state index is 0.311. The molecule has 0 spiro atoms. The molecule has 0 aromatic rings. The molecule has 1 aliphatic rings. The van der Waals surface area contributed by atoms with Crippen LogP contribution >= 0.6 is 0 Å². The highest BCUT2D eigenvalue weighted by molar-refractivity contribution is 5.99. The predicted octanol–water partition coefficient (Wildman–Crippen LogP) is -0.391. The highest BCUT2D eigenvalue weighted by Gasteiger charge is 2.43. The van der Waals surface area contributed by atoms with E-state index in [1.165, 1.54) is 0 Å². The second-order valence-electron chi connectivity index (χ2n) is 4.77. The van der Waals surface area contributed by atoms with Crippen molar-refractivity contribution in [2.45, 2.75) is 45.8 Å². The van der Waals surface area contributed by atoms with Gasteiger partial charge in [0.05, 0.1) is 12.1 Å². The second kappa shape index (κ2) is 4.93. The lowest BCUT2D eigenvalue weighted by Crippen LogP contribution is -2.49. The van der Waals surface area contributed by atoms with Gasteiger partial charge in [0.2, 0.25) is 11.8 Å². The number of nitrogens with two attached hydrogens (primary N) is 1. The molecule has 1 saturated carbocycles. The summed E-state index contributed by atoms with van der Waals surface area (Å²) in [6, 6.07) is -0.638. The molecule has 0 bridgehead atoms. The van der Waals surface area contributed by atoms with Crippen LogP contribution < -0.4 is 16.4 Å². The smallest absolute Gasteiger partial charge is 0.243 e. The Morgan fingerprint density at radius 3 is 2.00 bits per heavy atom. The number of rotatable bonds is 4. The van der Waals surface area contributed by atoms with E-state index in [-0.39, 0.29) is 11.9 Å². The van der Waals surface area contributed by atoms with Crippen LogP contribution in [0.3, 0.4) is 0 Å². The van der Waals surface area contributed by atoms with Crippen molar-refractivity contribution in [1.82, 2.24) is 10.6 Å². The van der Waals surface area contributed by atoms with E-state index in [2.05, 4.69) is 24.5 Å². The van der Waals surface area contributed by atoms with Crippen LogP contribution in [0.5, 0.6) is 0 Å². The van der Waals surface area contributed by atoms with Gasteiger partial charge in [-0.05, 0) is 25.7 Å². The number of imide groups is 1. The molecule has 4 N–H and O–H groups in total. The summed E-state index contributed by atoms with van der Waals surface area (Å²) in [5.41, 5.74) is 5.36. The third-order valence-corrected chi connectivity index (χ3v) is 3.32. The summed E-state index contributed by atoms with van der Waals surface area (Å²) >= 11 is 0. The van der Waals surface area contributed by atoms with Gasteiger partial charge in [-0.15, -0.1) is 0 Å². The third-order valence-electron chi connectivity index (χ3n) is 3.32. The fourth-order valence-corrected chi connectivity index (χ4v) is 1.67. The van der Waals surface area contributed by atoms with E-state index < -0.39 is 11.9 Å². The second-order valence-corrected chi connectivity index (χ2v) is 4.77. The first-order valence-electron chi connectivity index (χ1n) is 5.71. The summed E-state index contributed by atoms with van der Waals surface area (Å²) in [5.74, 6) is 0.447. The van der Waals surface area contributed by atoms with Crippen LogP contribution in [-0.2, 0) is 9.59 Å². The van der Waals surface area contributed by atoms with Crippen LogP contribution in [0.1, 0.15) is 27.7 Å². The Bertz CT molecular complexity index is 283. The summed E-state index contributed by atoms with van der Waals surface area (Å²) < 4.78 is 0. The van der Waals surface area contributed by atoms with Crippen LogP contribution in [0.4, 0.5) is 0 Å². The Morgan fingerprint density at radius 2 is 1.62 bits per heavy atom. The summed E-state index contributed by atoms with van der Waals surface area (Å²) in [7, 11) is 0. The average molecular weight is 227 g/mol. The number of hydrogen-bond donors (Lipinski definition) is 3. The Kier molecular flexibility index (Phi) is 4.04. The Labute approximate surface area is 96.1 Å². The molecule has 1 aliphatic carbocycles. The summed E-state index contributed by atoms with van der Waals surface area (Å²) in [6.45, 7) is 7.58. The Balaban J connectivity index is 2.34. The molecule has 0 aliphatic heterocycles. The van der Waals surface area contributed by atoms with Crippen molar-refractivity contribution in [1.29, 1.82) is 0 Å². The van der Waals surface area contributed by atoms with Crippen molar-refractivity contribution in [2.75, 3.05) is 0 Å². The summed E-state index contributed by atoms with van der Waals surface area (Å²) in [6.07, 6.45) is 0. The quantitative estimate of drug-likeness (QED) is 0.610. The molecule has 0 heterocycles. The van der Waals surface area contributed by atoms with Crippen molar-refractivity contribution in [3.63, 3.8) is 0 Å². The molecular formula is C11H21N3O2. The maximum Gasteiger partial charge on any atom is 0.243 e.